The van der Waals surface area contributed by atoms with Crippen LogP contribution >= 0.6 is 0 Å². The van der Waals surface area contributed by atoms with Gasteiger partial charge >= 0.3 is 0 Å². The number of aliphatic hydroxyl groups excluding tert-OH is 1. The zero-order valence-corrected chi connectivity index (χ0v) is 14.9. The van der Waals surface area contributed by atoms with Crippen LogP contribution < -0.4 is 0 Å². The van der Waals surface area contributed by atoms with E-state index < -0.39 is 17.7 Å². The lowest BCUT2D eigenvalue weighted by Crippen LogP contribution is -2.70. The highest BCUT2D eigenvalue weighted by atomic mass is 17.3. The molecule has 1 saturated carbocycles. The third-order valence-corrected chi connectivity index (χ3v) is 6.68. The topological polar surface area (TPSA) is 66.4 Å². The van der Waals surface area contributed by atoms with Crippen LogP contribution in [-0.2, 0) is 24.0 Å². The van der Waals surface area contributed by atoms with E-state index in [0.29, 0.717) is 30.8 Å². The van der Waals surface area contributed by atoms with E-state index in [1.165, 1.54) is 6.42 Å². The molecule has 1 spiro atoms. The Balaban J connectivity index is 1.64. The first kappa shape index (κ1) is 17.2. The molecule has 0 unspecified atom stereocenters. The molecule has 5 fully saturated rings. The molecular weight excluding hydrogens is 312 g/mol. The van der Waals surface area contributed by atoms with E-state index in [4.69, 9.17) is 29.1 Å². The van der Waals surface area contributed by atoms with Crippen molar-refractivity contribution in [3.63, 3.8) is 0 Å². The van der Waals surface area contributed by atoms with E-state index in [2.05, 4.69) is 13.8 Å². The molecule has 0 aromatic heterocycles. The fourth-order valence-electron chi connectivity index (χ4n) is 5.33. The van der Waals surface area contributed by atoms with E-state index in [0.717, 1.165) is 19.3 Å². The Morgan fingerprint density at radius 3 is 2.75 bits per heavy atom. The molecule has 5 rings (SSSR count). The number of rotatable bonds is 4. The highest BCUT2D eigenvalue weighted by Crippen LogP contribution is 2.60. The molecule has 6 nitrogen and oxygen atoms in total. The van der Waals surface area contributed by atoms with Crippen molar-refractivity contribution in [2.45, 2.75) is 76.8 Å². The highest BCUT2D eigenvalue weighted by molar-refractivity contribution is 5.09. The highest BCUT2D eigenvalue weighted by Gasteiger charge is 2.69. The van der Waals surface area contributed by atoms with Crippen LogP contribution in [0.4, 0.5) is 0 Å². The van der Waals surface area contributed by atoms with Crippen molar-refractivity contribution in [1.29, 1.82) is 0 Å². The van der Waals surface area contributed by atoms with Gasteiger partial charge < -0.3 is 19.3 Å². The molecule has 24 heavy (non-hydrogen) atoms. The Bertz CT molecular complexity index is 472. The van der Waals surface area contributed by atoms with Gasteiger partial charge in [0.05, 0.1) is 6.61 Å². The Morgan fingerprint density at radius 1 is 1.12 bits per heavy atom. The van der Waals surface area contributed by atoms with Crippen LogP contribution in [0, 0.1) is 23.7 Å². The SMILES string of the molecule is C[C@H]1[C@H](OCCCO)O[C@@H]2O[C@]3(C)CC[C@H]4[C@H](C)CC[C@@H]1[C@@]24OO3. The van der Waals surface area contributed by atoms with Gasteiger partial charge in [0.15, 0.2) is 18.2 Å². The zero-order valence-electron chi connectivity index (χ0n) is 14.9. The molecule has 4 aliphatic heterocycles. The zero-order chi connectivity index (χ0) is 16.9. The standard InChI is InChI=1S/C18H30O6/c1-11-5-6-14-12(2)15(20-10-4-9-19)21-16-18(14)13(11)7-8-17(3,22-16)23-24-18/h11-16,19H,4-10H2,1-3H3/t11-,12-,13+,14+,15-,16-,17+,18-/m1/s1. The molecule has 2 bridgehead atoms. The van der Waals surface area contributed by atoms with Crippen molar-refractivity contribution in [2.75, 3.05) is 13.2 Å². The lowest BCUT2D eigenvalue weighted by molar-refractivity contribution is -0.577. The van der Waals surface area contributed by atoms with Gasteiger partial charge in [-0.05, 0) is 44.4 Å². The monoisotopic (exact) mass is 342 g/mol. The summed E-state index contributed by atoms with van der Waals surface area (Å²) in [7, 11) is 0. The van der Waals surface area contributed by atoms with Crippen LogP contribution in [-0.4, -0.2) is 42.3 Å². The summed E-state index contributed by atoms with van der Waals surface area (Å²) in [6, 6.07) is 0. The Labute approximate surface area is 143 Å². The molecule has 138 valence electrons. The molecule has 1 N–H and O–H groups in total. The molecular formula is C18H30O6. The van der Waals surface area contributed by atoms with E-state index in [1.54, 1.807) is 0 Å². The lowest BCUT2D eigenvalue weighted by atomic mass is 9.58. The smallest absolute Gasteiger partial charge is 0.201 e. The normalized spacial score (nSPS) is 53.5. The second-order valence-corrected chi connectivity index (χ2v) is 8.22. The van der Waals surface area contributed by atoms with Crippen molar-refractivity contribution < 1.29 is 29.1 Å². The summed E-state index contributed by atoms with van der Waals surface area (Å²) in [5, 5.41) is 8.99. The van der Waals surface area contributed by atoms with E-state index in [-0.39, 0.29) is 18.8 Å². The average molecular weight is 342 g/mol. The minimum atomic E-state index is -0.742. The van der Waals surface area contributed by atoms with Gasteiger partial charge in [-0.1, -0.05) is 13.8 Å². The van der Waals surface area contributed by atoms with Crippen LogP contribution in [0.25, 0.3) is 0 Å². The maximum atomic E-state index is 8.99. The molecule has 0 aromatic carbocycles. The number of ether oxygens (including phenoxy) is 3. The number of aliphatic hydroxyl groups is 1. The first-order valence-corrected chi connectivity index (χ1v) is 9.43. The minimum absolute atomic E-state index is 0.128. The van der Waals surface area contributed by atoms with Gasteiger partial charge in [-0.2, -0.15) is 0 Å². The Hall–Kier alpha value is -0.240. The van der Waals surface area contributed by atoms with Crippen molar-refractivity contribution in [2.24, 2.45) is 23.7 Å². The first-order chi connectivity index (χ1) is 11.5. The van der Waals surface area contributed by atoms with Crippen LogP contribution in [0.3, 0.4) is 0 Å². The maximum Gasteiger partial charge on any atom is 0.201 e. The third kappa shape index (κ3) is 2.46. The summed E-state index contributed by atoms with van der Waals surface area (Å²) in [5.74, 6) is 0.697. The quantitative estimate of drug-likeness (QED) is 0.626. The van der Waals surface area contributed by atoms with Gasteiger partial charge in [0.25, 0.3) is 0 Å². The number of hydrogen-bond donors (Lipinski definition) is 1. The fourth-order valence-corrected chi connectivity index (χ4v) is 5.33. The van der Waals surface area contributed by atoms with Crippen LogP contribution in [0.15, 0.2) is 0 Å². The van der Waals surface area contributed by atoms with Crippen LogP contribution in [0.2, 0.25) is 0 Å². The second-order valence-electron chi connectivity index (χ2n) is 8.22. The number of hydrogen-bond acceptors (Lipinski definition) is 6. The van der Waals surface area contributed by atoms with Crippen molar-refractivity contribution >= 4 is 0 Å². The summed E-state index contributed by atoms with van der Waals surface area (Å²) < 4.78 is 18.5. The van der Waals surface area contributed by atoms with Gasteiger partial charge in [-0.3, -0.25) is 0 Å². The Morgan fingerprint density at radius 2 is 1.96 bits per heavy atom. The lowest BCUT2D eigenvalue weighted by Gasteiger charge is -2.60. The average Bonchev–Trinajstić information content (AvgIpc) is 2.78. The molecule has 4 heterocycles. The summed E-state index contributed by atoms with van der Waals surface area (Å²) in [6.45, 7) is 7.04. The predicted molar refractivity (Wildman–Crippen MR) is 84.5 cm³/mol. The van der Waals surface area contributed by atoms with E-state index in [1.807, 2.05) is 6.92 Å². The van der Waals surface area contributed by atoms with Gasteiger partial charge in [0.1, 0.15) is 0 Å². The van der Waals surface area contributed by atoms with Gasteiger partial charge in [-0.25, -0.2) is 9.78 Å². The summed E-state index contributed by atoms with van der Waals surface area (Å²) >= 11 is 0. The van der Waals surface area contributed by atoms with Crippen LogP contribution in [0.1, 0.15) is 52.9 Å². The largest absolute Gasteiger partial charge is 0.396 e. The molecule has 4 saturated heterocycles. The third-order valence-electron chi connectivity index (χ3n) is 6.68. The van der Waals surface area contributed by atoms with Gasteiger partial charge in [0, 0.05) is 24.9 Å². The summed E-state index contributed by atoms with van der Waals surface area (Å²) in [4.78, 5) is 11.9. The number of fused-ring (bicyclic) bond motifs is 2. The van der Waals surface area contributed by atoms with Crippen molar-refractivity contribution in [3.8, 4) is 0 Å². The molecule has 1 aliphatic carbocycles. The minimum Gasteiger partial charge on any atom is -0.396 e. The summed E-state index contributed by atoms with van der Waals surface area (Å²) in [6.07, 6.45) is 3.96. The molecule has 6 heteroatoms. The molecule has 0 amide bonds. The maximum absolute atomic E-state index is 8.99. The van der Waals surface area contributed by atoms with E-state index >= 15 is 0 Å². The molecule has 0 radical (unpaired) electrons. The Kier molecular flexibility index (Phi) is 4.43. The molecule has 5 aliphatic rings. The van der Waals surface area contributed by atoms with Crippen molar-refractivity contribution in [3.05, 3.63) is 0 Å². The van der Waals surface area contributed by atoms with Crippen LogP contribution in [0.5, 0.6) is 0 Å². The van der Waals surface area contributed by atoms with Gasteiger partial charge in [0.2, 0.25) is 5.79 Å². The van der Waals surface area contributed by atoms with Gasteiger partial charge in [-0.15, -0.1) is 0 Å². The second kappa shape index (κ2) is 6.18. The van der Waals surface area contributed by atoms with Crippen molar-refractivity contribution in [1.82, 2.24) is 0 Å². The van der Waals surface area contributed by atoms with E-state index in [9.17, 15) is 0 Å². The predicted octanol–water partition coefficient (Wildman–Crippen LogP) is 2.59. The molecule has 8 atom stereocenters. The fraction of sp³-hybridized carbons (Fsp3) is 1.00. The first-order valence-electron chi connectivity index (χ1n) is 9.43. The molecule has 0 aromatic rings. The summed E-state index contributed by atoms with van der Waals surface area (Å²) in [5.41, 5.74) is -0.524.